The molecule has 2 heterocycles. The lowest BCUT2D eigenvalue weighted by atomic mass is 10.0. The highest BCUT2D eigenvalue weighted by molar-refractivity contribution is 5.78. The fourth-order valence-corrected chi connectivity index (χ4v) is 2.77. The molecule has 1 saturated heterocycles. The molecule has 2 aromatic rings. The minimum absolute atomic E-state index is 0.378. The summed E-state index contributed by atoms with van der Waals surface area (Å²) in [4.78, 5) is 18.6. The van der Waals surface area contributed by atoms with E-state index in [-0.39, 0.29) is 6.09 Å². The quantitative estimate of drug-likeness (QED) is 0.667. The maximum Gasteiger partial charge on any atom is 0.434 e. The van der Waals surface area contributed by atoms with Gasteiger partial charge in [-0.2, -0.15) is 0 Å². The molecule has 1 amide bonds. The highest BCUT2D eigenvalue weighted by Crippen LogP contribution is 2.31. The molecular weight excluding hydrogens is 296 g/mol. The lowest BCUT2D eigenvalue weighted by molar-refractivity contribution is 0.132. The van der Waals surface area contributed by atoms with Crippen molar-refractivity contribution in [2.75, 3.05) is 24.3 Å². The van der Waals surface area contributed by atoms with Crippen LogP contribution in [0.2, 0.25) is 0 Å². The zero-order valence-corrected chi connectivity index (χ0v) is 13.3. The molecule has 1 aromatic carbocycles. The zero-order valence-electron chi connectivity index (χ0n) is 13.3. The first-order chi connectivity index (χ1) is 11.1. The summed E-state index contributed by atoms with van der Waals surface area (Å²) in [5, 5.41) is 3.94. The van der Waals surface area contributed by atoms with Crippen LogP contribution in [0.5, 0.6) is 0 Å². The average molecular weight is 316 g/mol. The van der Waals surface area contributed by atoms with Crippen LogP contribution >= 0.6 is 0 Å². The number of hydrogen-bond donors (Lipinski definition) is 2. The number of nitrogens with zero attached hydrogens (tertiary/aromatic N) is 2. The molecule has 1 aliphatic rings. The second kappa shape index (κ2) is 6.20. The van der Waals surface area contributed by atoms with Crippen molar-refractivity contribution in [3.05, 3.63) is 29.7 Å². The topological polar surface area (TPSA) is 93.6 Å². The SMILES string of the molecule is Cc1noc(C)c1-c1ccc(NOC(=O)N2CCCC2)c(N)c1. The first-order valence-electron chi connectivity index (χ1n) is 7.61. The molecule has 3 rings (SSSR count). The Balaban J connectivity index is 1.71. The monoisotopic (exact) mass is 316 g/mol. The number of rotatable bonds is 3. The first kappa shape index (κ1) is 15.2. The minimum Gasteiger partial charge on any atom is -0.397 e. The number of hydrogen-bond acceptors (Lipinski definition) is 6. The molecule has 122 valence electrons. The van der Waals surface area contributed by atoms with Gasteiger partial charge in [0.05, 0.1) is 17.1 Å². The van der Waals surface area contributed by atoms with Crippen LogP contribution in [0, 0.1) is 13.8 Å². The summed E-state index contributed by atoms with van der Waals surface area (Å²) in [6.45, 7) is 5.21. The van der Waals surface area contributed by atoms with Gasteiger partial charge in [0.2, 0.25) is 0 Å². The van der Waals surface area contributed by atoms with Crippen molar-refractivity contribution >= 4 is 17.5 Å². The summed E-state index contributed by atoms with van der Waals surface area (Å²) in [5.74, 6) is 0.739. The lowest BCUT2D eigenvalue weighted by Crippen LogP contribution is -2.30. The maximum absolute atomic E-state index is 11.9. The molecule has 0 unspecified atom stereocenters. The van der Waals surface area contributed by atoms with Crippen molar-refractivity contribution < 1.29 is 14.2 Å². The second-order valence-corrected chi connectivity index (χ2v) is 5.67. The largest absolute Gasteiger partial charge is 0.434 e. The number of benzene rings is 1. The van der Waals surface area contributed by atoms with Crippen molar-refractivity contribution in [3.8, 4) is 11.1 Å². The molecule has 0 radical (unpaired) electrons. The fourth-order valence-electron chi connectivity index (χ4n) is 2.77. The Labute approximate surface area is 134 Å². The first-order valence-corrected chi connectivity index (χ1v) is 7.61. The molecule has 0 saturated carbocycles. The number of nitrogen functional groups attached to an aromatic ring is 1. The van der Waals surface area contributed by atoms with Crippen LogP contribution in [0.3, 0.4) is 0 Å². The number of likely N-dealkylation sites (tertiary alicyclic amines) is 1. The number of nitrogens with two attached hydrogens (primary N) is 1. The Morgan fingerprint density at radius 2 is 2.09 bits per heavy atom. The number of amides is 1. The predicted octanol–water partition coefficient (Wildman–Crippen LogP) is 3.10. The molecule has 1 aromatic heterocycles. The molecule has 0 atom stereocenters. The van der Waals surface area contributed by atoms with Crippen LogP contribution in [-0.4, -0.2) is 29.2 Å². The van der Waals surface area contributed by atoms with Crippen LogP contribution < -0.4 is 11.2 Å². The standard InChI is InChI=1S/C16H20N4O3/c1-10-15(11(2)22-18-10)12-5-6-14(13(17)9-12)19-23-16(21)20-7-3-4-8-20/h5-6,9,19H,3-4,7-8,17H2,1-2H3. The Hall–Kier alpha value is -2.70. The van der Waals surface area contributed by atoms with E-state index in [4.69, 9.17) is 15.1 Å². The predicted molar refractivity (Wildman–Crippen MR) is 86.7 cm³/mol. The Kier molecular flexibility index (Phi) is 4.10. The van der Waals surface area contributed by atoms with Gasteiger partial charge >= 0.3 is 6.09 Å². The van der Waals surface area contributed by atoms with E-state index < -0.39 is 0 Å². The van der Waals surface area contributed by atoms with E-state index in [1.807, 2.05) is 19.9 Å². The molecule has 1 aliphatic heterocycles. The lowest BCUT2D eigenvalue weighted by Gasteiger charge is -2.16. The number of carbonyl (C=O) groups is 1. The highest BCUT2D eigenvalue weighted by Gasteiger charge is 2.20. The molecular formula is C16H20N4O3. The second-order valence-electron chi connectivity index (χ2n) is 5.67. The van der Waals surface area contributed by atoms with Gasteiger partial charge in [-0.25, -0.2) is 10.3 Å². The normalized spacial score (nSPS) is 14.1. The van der Waals surface area contributed by atoms with Gasteiger partial charge in [0.1, 0.15) is 5.76 Å². The molecule has 7 heteroatoms. The summed E-state index contributed by atoms with van der Waals surface area (Å²) in [6, 6.07) is 5.46. The Morgan fingerprint density at radius 3 is 2.70 bits per heavy atom. The molecule has 7 nitrogen and oxygen atoms in total. The van der Waals surface area contributed by atoms with E-state index in [1.165, 1.54) is 0 Å². The Bertz CT molecular complexity index is 701. The molecule has 1 fully saturated rings. The summed E-state index contributed by atoms with van der Waals surface area (Å²) in [7, 11) is 0. The molecule has 0 bridgehead atoms. The van der Waals surface area contributed by atoms with Crippen LogP contribution in [0.1, 0.15) is 24.3 Å². The van der Waals surface area contributed by atoms with Crippen molar-refractivity contribution in [2.45, 2.75) is 26.7 Å². The summed E-state index contributed by atoms with van der Waals surface area (Å²) < 4.78 is 5.17. The number of nitrogens with one attached hydrogen (secondary N) is 1. The average Bonchev–Trinajstić information content (AvgIpc) is 3.16. The van der Waals surface area contributed by atoms with E-state index in [0.29, 0.717) is 11.4 Å². The van der Waals surface area contributed by atoms with Crippen molar-refractivity contribution in [1.82, 2.24) is 10.1 Å². The van der Waals surface area contributed by atoms with Crippen molar-refractivity contribution in [2.24, 2.45) is 0 Å². The number of aromatic nitrogens is 1. The van der Waals surface area contributed by atoms with E-state index in [2.05, 4.69) is 10.6 Å². The number of aryl methyl sites for hydroxylation is 2. The van der Waals surface area contributed by atoms with E-state index in [1.54, 1.807) is 17.0 Å². The van der Waals surface area contributed by atoms with E-state index in [0.717, 1.165) is 48.5 Å². The third-order valence-corrected chi connectivity index (χ3v) is 3.99. The molecule has 0 aliphatic carbocycles. The van der Waals surface area contributed by atoms with Crippen molar-refractivity contribution in [1.29, 1.82) is 0 Å². The van der Waals surface area contributed by atoms with Crippen LogP contribution in [0.25, 0.3) is 11.1 Å². The summed E-state index contributed by atoms with van der Waals surface area (Å²) in [5.41, 5.74) is 12.4. The Morgan fingerprint density at radius 1 is 1.35 bits per heavy atom. The van der Waals surface area contributed by atoms with Gasteiger partial charge in [-0.15, -0.1) is 0 Å². The third-order valence-electron chi connectivity index (χ3n) is 3.99. The highest BCUT2D eigenvalue weighted by atomic mass is 16.7. The smallest absolute Gasteiger partial charge is 0.397 e. The van der Waals surface area contributed by atoms with Crippen LogP contribution in [0.4, 0.5) is 16.2 Å². The van der Waals surface area contributed by atoms with Gasteiger partial charge in [-0.3, -0.25) is 0 Å². The van der Waals surface area contributed by atoms with Crippen LogP contribution in [-0.2, 0) is 4.84 Å². The van der Waals surface area contributed by atoms with Gasteiger partial charge in [0.25, 0.3) is 0 Å². The fraction of sp³-hybridized carbons (Fsp3) is 0.375. The van der Waals surface area contributed by atoms with Gasteiger partial charge in [-0.1, -0.05) is 11.2 Å². The molecule has 3 N–H and O–H groups in total. The van der Waals surface area contributed by atoms with Gasteiger partial charge in [0.15, 0.2) is 0 Å². The molecule has 23 heavy (non-hydrogen) atoms. The number of anilines is 2. The number of carbonyl (C=O) groups excluding carboxylic acids is 1. The van der Waals surface area contributed by atoms with Gasteiger partial charge in [0, 0.05) is 18.7 Å². The zero-order chi connectivity index (χ0) is 16.4. The molecule has 0 spiro atoms. The maximum atomic E-state index is 11.9. The van der Waals surface area contributed by atoms with Crippen LogP contribution in [0.15, 0.2) is 22.7 Å². The summed E-state index contributed by atoms with van der Waals surface area (Å²) in [6.07, 6.45) is 1.66. The third kappa shape index (κ3) is 3.08. The van der Waals surface area contributed by atoms with Gasteiger partial charge < -0.3 is 20.0 Å². The van der Waals surface area contributed by atoms with E-state index >= 15 is 0 Å². The van der Waals surface area contributed by atoms with Crippen molar-refractivity contribution in [3.63, 3.8) is 0 Å². The van der Waals surface area contributed by atoms with Gasteiger partial charge in [-0.05, 0) is 44.4 Å². The summed E-state index contributed by atoms with van der Waals surface area (Å²) >= 11 is 0. The van der Waals surface area contributed by atoms with E-state index in [9.17, 15) is 4.79 Å². The minimum atomic E-state index is -0.378.